The molecule has 0 aliphatic heterocycles. The van der Waals surface area contributed by atoms with Crippen LogP contribution in [0.3, 0.4) is 0 Å². The number of pyridine rings is 1. The number of nitrogens with zero attached hydrogens (tertiary/aromatic N) is 1. The van der Waals surface area contributed by atoms with E-state index in [4.69, 9.17) is 12.2 Å². The summed E-state index contributed by atoms with van der Waals surface area (Å²) in [6, 6.07) is 21.5. The second kappa shape index (κ2) is 9.76. The van der Waals surface area contributed by atoms with Gasteiger partial charge in [0, 0.05) is 37.0 Å². The van der Waals surface area contributed by atoms with Crippen LogP contribution >= 0.6 is 12.2 Å². The van der Waals surface area contributed by atoms with Crippen LogP contribution in [0.25, 0.3) is 11.1 Å². The smallest absolute Gasteiger partial charge is 0.251 e. The van der Waals surface area contributed by atoms with Crippen LogP contribution in [-0.4, -0.2) is 22.4 Å². The Balaban J connectivity index is 1.78. The Bertz CT molecular complexity index is 957. The number of nitrogens with one attached hydrogen (secondary N) is 2. The molecule has 0 bridgehead atoms. The molecule has 28 heavy (non-hydrogen) atoms. The van der Waals surface area contributed by atoms with Gasteiger partial charge in [0.25, 0.3) is 5.91 Å². The van der Waals surface area contributed by atoms with Gasteiger partial charge >= 0.3 is 0 Å². The first-order valence-corrected chi connectivity index (χ1v) is 9.66. The molecular formula is C23H23N3OS. The Labute approximate surface area is 171 Å². The lowest BCUT2D eigenvalue weighted by atomic mass is 9.95. The number of rotatable bonds is 7. The Morgan fingerprint density at radius 2 is 1.64 bits per heavy atom. The molecule has 0 saturated carbocycles. The van der Waals surface area contributed by atoms with Crippen molar-refractivity contribution in [2.24, 2.45) is 0 Å². The number of hydrogen-bond acceptors (Lipinski definition) is 3. The number of carbonyl (C=O) groups is 1. The average molecular weight is 390 g/mol. The number of hydrogen-bond donors (Lipinski definition) is 2. The van der Waals surface area contributed by atoms with Crippen molar-refractivity contribution in [3.05, 3.63) is 89.7 Å². The highest BCUT2D eigenvalue weighted by atomic mass is 32.1. The highest BCUT2D eigenvalue weighted by Crippen LogP contribution is 2.27. The summed E-state index contributed by atoms with van der Waals surface area (Å²) in [5.74, 6) is -0.0831. The largest absolute Gasteiger partial charge is 0.376 e. The molecule has 142 valence electrons. The van der Waals surface area contributed by atoms with Gasteiger partial charge in [-0.1, -0.05) is 60.7 Å². The van der Waals surface area contributed by atoms with Gasteiger partial charge in [-0.05, 0) is 41.8 Å². The topological polar surface area (TPSA) is 54.0 Å². The summed E-state index contributed by atoms with van der Waals surface area (Å²) in [7, 11) is 0. The highest BCUT2D eigenvalue weighted by molar-refractivity contribution is 7.80. The molecule has 0 spiro atoms. The molecular weight excluding hydrogens is 366 g/mol. The Hall–Kier alpha value is -3.05. The van der Waals surface area contributed by atoms with Gasteiger partial charge in [-0.15, -0.1) is 0 Å². The van der Waals surface area contributed by atoms with Gasteiger partial charge in [0.05, 0.1) is 4.99 Å². The molecule has 1 amide bonds. The summed E-state index contributed by atoms with van der Waals surface area (Å²) in [5, 5.41) is 6.21. The summed E-state index contributed by atoms with van der Waals surface area (Å²) in [5.41, 5.74) is 4.66. The fourth-order valence-corrected chi connectivity index (χ4v) is 3.09. The van der Waals surface area contributed by atoms with Crippen molar-refractivity contribution in [2.75, 3.05) is 6.54 Å². The van der Waals surface area contributed by atoms with Crippen LogP contribution < -0.4 is 10.6 Å². The fourth-order valence-electron chi connectivity index (χ4n) is 3.02. The van der Waals surface area contributed by atoms with Crippen LogP contribution in [0.1, 0.15) is 28.5 Å². The highest BCUT2D eigenvalue weighted by Gasteiger charge is 2.14. The van der Waals surface area contributed by atoms with Crippen LogP contribution in [0.15, 0.2) is 72.9 Å². The SMILES string of the molecule is CC(=S)NCc1ccccc1-c1ccccc1C(=O)NCCc1ccccn1. The molecule has 0 radical (unpaired) electrons. The molecule has 1 aromatic heterocycles. The standard InChI is InChI=1S/C23H23N3OS/c1-17(28)26-16-18-8-2-3-10-20(18)21-11-4-5-12-22(21)23(27)25-15-13-19-9-6-7-14-24-19/h2-12,14H,13,15-16H2,1H3,(H,25,27)(H,26,28). The van der Waals surface area contributed by atoms with E-state index in [-0.39, 0.29) is 5.91 Å². The average Bonchev–Trinajstić information content (AvgIpc) is 2.73. The van der Waals surface area contributed by atoms with E-state index >= 15 is 0 Å². The Morgan fingerprint density at radius 1 is 0.929 bits per heavy atom. The Kier molecular flexibility index (Phi) is 6.87. The lowest BCUT2D eigenvalue weighted by Crippen LogP contribution is -2.26. The molecule has 0 aliphatic carbocycles. The maximum Gasteiger partial charge on any atom is 0.251 e. The first kappa shape index (κ1) is 19.7. The third-order valence-corrected chi connectivity index (χ3v) is 4.54. The quantitative estimate of drug-likeness (QED) is 0.596. The molecule has 0 unspecified atom stereocenters. The normalized spacial score (nSPS) is 10.3. The maximum atomic E-state index is 12.8. The first-order valence-electron chi connectivity index (χ1n) is 9.25. The van der Waals surface area contributed by atoms with Crippen LogP contribution in [0.5, 0.6) is 0 Å². The number of thiocarbonyl (C=S) groups is 1. The first-order chi connectivity index (χ1) is 13.6. The van der Waals surface area contributed by atoms with Crippen molar-refractivity contribution >= 4 is 23.1 Å². The maximum absolute atomic E-state index is 12.8. The van der Waals surface area contributed by atoms with E-state index in [1.165, 1.54) is 0 Å². The van der Waals surface area contributed by atoms with E-state index in [2.05, 4.69) is 21.7 Å². The molecule has 5 heteroatoms. The predicted octanol–water partition coefficient (Wildman–Crippen LogP) is 4.16. The minimum absolute atomic E-state index is 0.0831. The van der Waals surface area contributed by atoms with Crippen molar-refractivity contribution in [3.63, 3.8) is 0 Å². The summed E-state index contributed by atoms with van der Waals surface area (Å²) in [6.07, 6.45) is 2.46. The van der Waals surface area contributed by atoms with Crippen molar-refractivity contribution in [2.45, 2.75) is 19.9 Å². The van der Waals surface area contributed by atoms with E-state index in [1.54, 1.807) is 6.20 Å². The predicted molar refractivity (Wildman–Crippen MR) is 117 cm³/mol. The van der Waals surface area contributed by atoms with Crippen molar-refractivity contribution < 1.29 is 4.79 Å². The van der Waals surface area contributed by atoms with Crippen molar-refractivity contribution in [1.82, 2.24) is 15.6 Å². The van der Waals surface area contributed by atoms with E-state index in [0.29, 0.717) is 25.1 Å². The monoisotopic (exact) mass is 389 g/mol. The molecule has 0 atom stereocenters. The van der Waals surface area contributed by atoms with Crippen molar-refractivity contribution in [1.29, 1.82) is 0 Å². The van der Waals surface area contributed by atoms with E-state index in [9.17, 15) is 4.79 Å². The number of carbonyl (C=O) groups excluding carboxylic acids is 1. The van der Waals surface area contributed by atoms with Gasteiger partial charge in [0.2, 0.25) is 0 Å². The molecule has 0 aliphatic rings. The minimum atomic E-state index is -0.0831. The van der Waals surface area contributed by atoms with Crippen LogP contribution in [0, 0.1) is 0 Å². The van der Waals surface area contributed by atoms with Crippen LogP contribution in [0.2, 0.25) is 0 Å². The third-order valence-electron chi connectivity index (χ3n) is 4.40. The zero-order valence-electron chi connectivity index (χ0n) is 15.8. The van der Waals surface area contributed by atoms with E-state index in [1.807, 2.05) is 67.6 Å². The summed E-state index contributed by atoms with van der Waals surface area (Å²) in [6.45, 7) is 3.03. The second-order valence-electron chi connectivity index (χ2n) is 6.44. The zero-order chi connectivity index (χ0) is 19.8. The molecule has 0 saturated heterocycles. The number of amides is 1. The molecule has 1 heterocycles. The molecule has 2 aromatic carbocycles. The van der Waals surface area contributed by atoms with Gasteiger partial charge in [0.15, 0.2) is 0 Å². The van der Waals surface area contributed by atoms with Gasteiger partial charge in [0.1, 0.15) is 0 Å². The van der Waals surface area contributed by atoms with Crippen LogP contribution in [0.4, 0.5) is 0 Å². The number of benzene rings is 2. The number of aromatic nitrogens is 1. The Morgan fingerprint density at radius 3 is 2.39 bits per heavy atom. The van der Waals surface area contributed by atoms with Crippen LogP contribution in [-0.2, 0) is 13.0 Å². The molecule has 3 rings (SSSR count). The van der Waals surface area contributed by atoms with Gasteiger partial charge < -0.3 is 10.6 Å². The van der Waals surface area contributed by atoms with E-state index < -0.39 is 0 Å². The van der Waals surface area contributed by atoms with Gasteiger partial charge in [-0.3, -0.25) is 9.78 Å². The summed E-state index contributed by atoms with van der Waals surface area (Å²) >= 11 is 5.13. The van der Waals surface area contributed by atoms with Gasteiger partial charge in [-0.25, -0.2) is 0 Å². The van der Waals surface area contributed by atoms with E-state index in [0.717, 1.165) is 27.4 Å². The lowest BCUT2D eigenvalue weighted by Gasteiger charge is -2.14. The minimum Gasteiger partial charge on any atom is -0.376 e. The third kappa shape index (κ3) is 5.24. The fraction of sp³-hybridized carbons (Fsp3) is 0.174. The van der Waals surface area contributed by atoms with Crippen molar-refractivity contribution in [3.8, 4) is 11.1 Å². The molecule has 2 N–H and O–H groups in total. The molecule has 3 aromatic rings. The second-order valence-corrected chi connectivity index (χ2v) is 7.05. The molecule has 0 fully saturated rings. The summed E-state index contributed by atoms with van der Waals surface area (Å²) < 4.78 is 0. The summed E-state index contributed by atoms with van der Waals surface area (Å²) in [4.78, 5) is 17.9. The zero-order valence-corrected chi connectivity index (χ0v) is 16.6. The lowest BCUT2D eigenvalue weighted by molar-refractivity contribution is 0.0954. The molecule has 4 nitrogen and oxygen atoms in total. The van der Waals surface area contributed by atoms with Gasteiger partial charge in [-0.2, -0.15) is 0 Å².